The van der Waals surface area contributed by atoms with E-state index in [2.05, 4.69) is 16.4 Å². The normalized spacial score (nSPS) is 13.2. The minimum atomic E-state index is -0.464. The molecule has 0 radical (unpaired) electrons. The number of likely N-dealkylation sites (N-methyl/N-ethyl adjacent to an activating group) is 1. The Morgan fingerprint density at radius 3 is 3.00 bits per heavy atom. The van der Waals surface area contributed by atoms with Crippen LogP contribution in [0.2, 0.25) is 0 Å². The SMILES string of the molecule is CCN[C@H](O)Cc1c[nH]c2ccccc12. The summed E-state index contributed by atoms with van der Waals surface area (Å²) in [6.07, 6.45) is 2.14. The van der Waals surface area contributed by atoms with E-state index in [0.29, 0.717) is 6.42 Å². The molecule has 1 aromatic carbocycles. The van der Waals surface area contributed by atoms with E-state index in [9.17, 15) is 5.11 Å². The third kappa shape index (κ3) is 2.19. The molecule has 0 aliphatic rings. The van der Waals surface area contributed by atoms with Gasteiger partial charge in [-0.3, -0.25) is 5.32 Å². The van der Waals surface area contributed by atoms with Crippen LogP contribution in [-0.4, -0.2) is 22.9 Å². The van der Waals surface area contributed by atoms with Crippen molar-refractivity contribution in [3.8, 4) is 0 Å². The molecule has 1 atom stereocenters. The summed E-state index contributed by atoms with van der Waals surface area (Å²) in [5.74, 6) is 0. The van der Waals surface area contributed by atoms with Crippen molar-refractivity contribution >= 4 is 10.9 Å². The molecule has 3 N–H and O–H groups in total. The fourth-order valence-electron chi connectivity index (χ4n) is 1.82. The minimum absolute atomic E-state index is 0.464. The number of aromatic nitrogens is 1. The molecule has 0 bridgehead atoms. The monoisotopic (exact) mass is 204 g/mol. The van der Waals surface area contributed by atoms with Crippen molar-refractivity contribution < 1.29 is 5.11 Å². The maximum Gasteiger partial charge on any atom is 0.109 e. The van der Waals surface area contributed by atoms with Gasteiger partial charge in [-0.2, -0.15) is 0 Å². The predicted molar refractivity (Wildman–Crippen MR) is 61.7 cm³/mol. The number of aliphatic hydroxyl groups excluding tert-OH is 1. The van der Waals surface area contributed by atoms with Gasteiger partial charge in [0.25, 0.3) is 0 Å². The van der Waals surface area contributed by atoms with Crippen LogP contribution in [0.25, 0.3) is 10.9 Å². The van der Waals surface area contributed by atoms with Gasteiger partial charge in [0.15, 0.2) is 0 Å². The molecule has 0 unspecified atom stereocenters. The van der Waals surface area contributed by atoms with E-state index in [4.69, 9.17) is 0 Å². The highest BCUT2D eigenvalue weighted by atomic mass is 16.3. The quantitative estimate of drug-likeness (QED) is 0.663. The molecule has 80 valence electrons. The first-order valence-electron chi connectivity index (χ1n) is 5.27. The fourth-order valence-corrected chi connectivity index (χ4v) is 1.82. The smallest absolute Gasteiger partial charge is 0.109 e. The number of hydrogen-bond acceptors (Lipinski definition) is 2. The van der Waals surface area contributed by atoms with Crippen molar-refractivity contribution in [3.05, 3.63) is 36.0 Å². The topological polar surface area (TPSA) is 48.0 Å². The van der Waals surface area contributed by atoms with Gasteiger partial charge in [0.1, 0.15) is 6.23 Å². The van der Waals surface area contributed by atoms with E-state index in [-0.39, 0.29) is 0 Å². The second kappa shape index (κ2) is 4.47. The highest BCUT2D eigenvalue weighted by molar-refractivity contribution is 5.83. The Bertz CT molecular complexity index is 436. The van der Waals surface area contributed by atoms with Gasteiger partial charge in [-0.05, 0) is 18.2 Å². The van der Waals surface area contributed by atoms with Crippen LogP contribution in [0.1, 0.15) is 12.5 Å². The van der Waals surface area contributed by atoms with Crippen LogP contribution in [-0.2, 0) is 6.42 Å². The molecule has 1 heterocycles. The largest absolute Gasteiger partial charge is 0.378 e. The number of fused-ring (bicyclic) bond motifs is 1. The van der Waals surface area contributed by atoms with E-state index < -0.39 is 6.23 Å². The van der Waals surface area contributed by atoms with Crippen molar-refractivity contribution in [2.24, 2.45) is 0 Å². The average Bonchev–Trinajstić information content (AvgIpc) is 2.62. The summed E-state index contributed by atoms with van der Waals surface area (Å²) in [5.41, 5.74) is 2.27. The van der Waals surface area contributed by atoms with Gasteiger partial charge in [0, 0.05) is 23.5 Å². The molecule has 2 rings (SSSR count). The van der Waals surface area contributed by atoms with Crippen molar-refractivity contribution in [3.63, 3.8) is 0 Å². The lowest BCUT2D eigenvalue weighted by atomic mass is 10.1. The van der Waals surface area contributed by atoms with Crippen LogP contribution in [0.5, 0.6) is 0 Å². The summed E-state index contributed by atoms with van der Waals surface area (Å²) < 4.78 is 0. The third-order valence-electron chi connectivity index (χ3n) is 2.53. The number of hydrogen-bond donors (Lipinski definition) is 3. The second-order valence-electron chi connectivity index (χ2n) is 3.64. The number of benzene rings is 1. The second-order valence-corrected chi connectivity index (χ2v) is 3.64. The summed E-state index contributed by atoms with van der Waals surface area (Å²) in [4.78, 5) is 3.20. The lowest BCUT2D eigenvalue weighted by Gasteiger charge is -2.09. The standard InChI is InChI=1S/C12H16N2O/c1-2-13-12(15)7-9-8-14-11-6-4-3-5-10(9)11/h3-6,8,12-15H,2,7H2,1H3/t12-/m1/s1. The van der Waals surface area contributed by atoms with E-state index >= 15 is 0 Å². The number of para-hydroxylation sites is 1. The van der Waals surface area contributed by atoms with E-state index in [1.54, 1.807) is 0 Å². The highest BCUT2D eigenvalue weighted by Crippen LogP contribution is 2.18. The first-order chi connectivity index (χ1) is 7.31. The van der Waals surface area contributed by atoms with Gasteiger partial charge in [0.05, 0.1) is 0 Å². The minimum Gasteiger partial charge on any atom is -0.378 e. The molecule has 0 saturated heterocycles. The van der Waals surface area contributed by atoms with Gasteiger partial charge >= 0.3 is 0 Å². The van der Waals surface area contributed by atoms with Crippen molar-refractivity contribution in [1.82, 2.24) is 10.3 Å². The Morgan fingerprint density at radius 1 is 1.40 bits per heavy atom. The highest BCUT2D eigenvalue weighted by Gasteiger charge is 2.07. The number of H-pyrrole nitrogens is 1. The van der Waals surface area contributed by atoms with Gasteiger partial charge in [-0.15, -0.1) is 0 Å². The zero-order valence-corrected chi connectivity index (χ0v) is 8.83. The van der Waals surface area contributed by atoms with Gasteiger partial charge < -0.3 is 10.1 Å². The number of aromatic amines is 1. The summed E-state index contributed by atoms with van der Waals surface area (Å²) in [6, 6.07) is 8.13. The Hall–Kier alpha value is -1.32. The molecule has 3 heteroatoms. The lowest BCUT2D eigenvalue weighted by Crippen LogP contribution is -2.30. The third-order valence-corrected chi connectivity index (χ3v) is 2.53. The predicted octanol–water partition coefficient (Wildman–Crippen LogP) is 1.64. The zero-order chi connectivity index (χ0) is 10.7. The molecule has 1 aromatic heterocycles. The Labute approximate surface area is 89.1 Å². The molecule has 0 amide bonds. The van der Waals surface area contributed by atoms with Crippen LogP contribution in [0, 0.1) is 0 Å². The zero-order valence-electron chi connectivity index (χ0n) is 8.83. The maximum atomic E-state index is 9.66. The van der Waals surface area contributed by atoms with Crippen molar-refractivity contribution in [1.29, 1.82) is 0 Å². The van der Waals surface area contributed by atoms with Gasteiger partial charge in [-0.1, -0.05) is 25.1 Å². The van der Waals surface area contributed by atoms with E-state index in [1.165, 1.54) is 5.39 Å². The molecule has 0 fully saturated rings. The van der Waals surface area contributed by atoms with Gasteiger partial charge in [0.2, 0.25) is 0 Å². The fraction of sp³-hybridized carbons (Fsp3) is 0.333. The first-order valence-corrected chi connectivity index (χ1v) is 5.27. The Balaban J connectivity index is 2.21. The molecule has 0 aliphatic carbocycles. The number of aliphatic hydroxyl groups is 1. The molecule has 2 aromatic rings. The summed E-state index contributed by atoms with van der Waals surface area (Å²) in [5, 5.41) is 13.8. The molecule has 0 spiro atoms. The van der Waals surface area contributed by atoms with E-state index in [1.807, 2.05) is 31.3 Å². The summed E-state index contributed by atoms with van der Waals surface area (Å²) in [6.45, 7) is 2.77. The molecular weight excluding hydrogens is 188 g/mol. The van der Waals surface area contributed by atoms with Crippen LogP contribution < -0.4 is 5.32 Å². The van der Waals surface area contributed by atoms with E-state index in [0.717, 1.165) is 17.6 Å². The summed E-state index contributed by atoms with van der Waals surface area (Å²) in [7, 11) is 0. The molecule has 0 aliphatic heterocycles. The first kappa shape index (κ1) is 10.2. The van der Waals surface area contributed by atoms with Crippen LogP contribution in [0.4, 0.5) is 0 Å². The van der Waals surface area contributed by atoms with Gasteiger partial charge in [-0.25, -0.2) is 0 Å². The van der Waals surface area contributed by atoms with Crippen molar-refractivity contribution in [2.75, 3.05) is 6.54 Å². The molecule has 0 saturated carbocycles. The Morgan fingerprint density at radius 2 is 2.20 bits per heavy atom. The van der Waals surface area contributed by atoms with Crippen LogP contribution in [0.15, 0.2) is 30.5 Å². The Kier molecular flexibility index (Phi) is 3.04. The molecule has 15 heavy (non-hydrogen) atoms. The number of rotatable bonds is 4. The number of nitrogens with one attached hydrogen (secondary N) is 2. The van der Waals surface area contributed by atoms with Crippen molar-refractivity contribution in [2.45, 2.75) is 19.6 Å². The maximum absolute atomic E-state index is 9.66. The molecule has 3 nitrogen and oxygen atoms in total. The average molecular weight is 204 g/mol. The lowest BCUT2D eigenvalue weighted by molar-refractivity contribution is 0.140. The summed E-state index contributed by atoms with van der Waals surface area (Å²) >= 11 is 0. The molecular formula is C12H16N2O. The van der Waals surface area contributed by atoms with Crippen LogP contribution in [0.3, 0.4) is 0 Å². The van der Waals surface area contributed by atoms with Crippen LogP contribution >= 0.6 is 0 Å².